The molecule has 8 heteroatoms. The van der Waals surface area contributed by atoms with Crippen molar-refractivity contribution in [3.05, 3.63) is 59.7 Å². The maximum Gasteiger partial charge on any atom is 0.410 e. The Labute approximate surface area is 198 Å². The topological polar surface area (TPSA) is 105 Å². The normalized spacial score (nSPS) is 19.0. The lowest BCUT2D eigenvalue weighted by molar-refractivity contribution is -0.151. The van der Waals surface area contributed by atoms with Crippen LogP contribution in [0.25, 0.3) is 11.1 Å². The second-order valence-electron chi connectivity index (χ2n) is 9.72. The number of rotatable bonds is 6. The van der Waals surface area contributed by atoms with Crippen LogP contribution in [0.2, 0.25) is 0 Å². The molecule has 2 aliphatic rings. The Morgan fingerprint density at radius 1 is 1.03 bits per heavy atom. The Morgan fingerprint density at radius 2 is 1.62 bits per heavy atom. The zero-order chi connectivity index (χ0) is 24.5. The Bertz CT molecular complexity index is 1050. The van der Waals surface area contributed by atoms with E-state index in [9.17, 15) is 19.5 Å². The number of carboxylic acids is 1. The molecule has 8 nitrogen and oxygen atoms in total. The lowest BCUT2D eigenvalue weighted by atomic mass is 9.86. The van der Waals surface area contributed by atoms with Crippen LogP contribution in [0.5, 0.6) is 0 Å². The summed E-state index contributed by atoms with van der Waals surface area (Å²) in [7, 11) is 0. The summed E-state index contributed by atoms with van der Waals surface area (Å²) in [6.07, 6.45) is -0.763. The zero-order valence-corrected chi connectivity index (χ0v) is 19.6. The Kier molecular flexibility index (Phi) is 6.50. The third-order valence-corrected chi connectivity index (χ3v) is 6.22. The molecule has 0 spiro atoms. The fourth-order valence-corrected chi connectivity index (χ4v) is 4.71. The van der Waals surface area contributed by atoms with Crippen molar-refractivity contribution < 1.29 is 29.0 Å². The van der Waals surface area contributed by atoms with E-state index in [1.54, 1.807) is 20.8 Å². The highest BCUT2D eigenvalue weighted by Gasteiger charge is 2.47. The van der Waals surface area contributed by atoms with Gasteiger partial charge >= 0.3 is 18.2 Å². The smallest absolute Gasteiger partial charge is 0.410 e. The van der Waals surface area contributed by atoms with E-state index in [0.717, 1.165) is 22.3 Å². The highest BCUT2D eigenvalue weighted by Crippen LogP contribution is 2.44. The van der Waals surface area contributed by atoms with E-state index in [0.29, 0.717) is 6.42 Å². The van der Waals surface area contributed by atoms with Crippen LogP contribution < -0.4 is 5.32 Å². The first-order valence-corrected chi connectivity index (χ1v) is 11.5. The van der Waals surface area contributed by atoms with Gasteiger partial charge in [-0.2, -0.15) is 0 Å². The molecule has 2 aromatic carbocycles. The Balaban J connectivity index is 1.32. The van der Waals surface area contributed by atoms with Crippen molar-refractivity contribution in [3.63, 3.8) is 0 Å². The van der Waals surface area contributed by atoms with Gasteiger partial charge in [0.15, 0.2) is 0 Å². The van der Waals surface area contributed by atoms with Crippen LogP contribution in [0.15, 0.2) is 48.5 Å². The van der Waals surface area contributed by atoms with Crippen molar-refractivity contribution >= 4 is 18.2 Å². The second kappa shape index (κ2) is 9.37. The number of nitrogens with zero attached hydrogens (tertiary/aromatic N) is 1. The highest BCUT2D eigenvalue weighted by atomic mass is 16.6. The summed E-state index contributed by atoms with van der Waals surface area (Å²) < 4.78 is 10.8. The Hall–Kier alpha value is -3.55. The van der Waals surface area contributed by atoms with E-state index in [1.807, 2.05) is 36.4 Å². The molecule has 2 aromatic rings. The highest BCUT2D eigenvalue weighted by molar-refractivity contribution is 5.83. The molecule has 0 saturated carbocycles. The number of nitrogens with one attached hydrogen (secondary N) is 1. The monoisotopic (exact) mass is 466 g/mol. The number of carboxylic acid groups (broad SMARTS) is 1. The molecule has 180 valence electrons. The maximum atomic E-state index is 12.8. The first kappa shape index (κ1) is 23.6. The average Bonchev–Trinajstić information content (AvgIpc) is 3.06. The number of benzene rings is 2. The predicted molar refractivity (Wildman–Crippen MR) is 126 cm³/mol. The van der Waals surface area contributed by atoms with E-state index >= 15 is 0 Å². The molecule has 1 saturated heterocycles. The van der Waals surface area contributed by atoms with E-state index < -0.39 is 29.8 Å². The molecular formula is C26H30N2O6. The third-order valence-electron chi connectivity index (χ3n) is 6.22. The van der Waals surface area contributed by atoms with Gasteiger partial charge in [-0.05, 0) is 49.4 Å². The molecule has 1 aliphatic heterocycles. The standard InChI is InChI=1S/C26H30N2O6/c1-26(2,3)34-24(31)27-13-12-16-14-28(22(16)23(29)30)25(32)33-15-21-19-10-6-4-8-17(19)18-9-5-7-11-20(18)21/h4-11,16,21-22H,12-15H2,1-3H3,(H,27,31)(H,29,30)/t16-,22+/m1/s1. The molecular weight excluding hydrogens is 436 g/mol. The number of hydrogen-bond acceptors (Lipinski definition) is 5. The average molecular weight is 467 g/mol. The van der Waals surface area contributed by atoms with Crippen LogP contribution in [-0.4, -0.2) is 59.5 Å². The van der Waals surface area contributed by atoms with Gasteiger partial charge in [0.25, 0.3) is 0 Å². The summed E-state index contributed by atoms with van der Waals surface area (Å²) in [6, 6.07) is 15.1. The number of hydrogen-bond donors (Lipinski definition) is 2. The van der Waals surface area contributed by atoms with Crippen molar-refractivity contribution in [2.45, 2.75) is 44.8 Å². The molecule has 4 rings (SSSR count). The lowest BCUT2D eigenvalue weighted by Crippen LogP contribution is -2.62. The first-order valence-electron chi connectivity index (χ1n) is 11.5. The molecule has 0 unspecified atom stereocenters. The van der Waals surface area contributed by atoms with Crippen molar-refractivity contribution in [2.24, 2.45) is 5.92 Å². The van der Waals surface area contributed by atoms with E-state index in [1.165, 1.54) is 4.90 Å². The van der Waals surface area contributed by atoms with E-state index in [-0.39, 0.29) is 31.5 Å². The van der Waals surface area contributed by atoms with Gasteiger partial charge in [0.2, 0.25) is 0 Å². The van der Waals surface area contributed by atoms with E-state index in [2.05, 4.69) is 17.4 Å². The van der Waals surface area contributed by atoms with Gasteiger partial charge in [-0.25, -0.2) is 14.4 Å². The van der Waals surface area contributed by atoms with Crippen LogP contribution in [-0.2, 0) is 14.3 Å². The van der Waals surface area contributed by atoms with Gasteiger partial charge in [-0.15, -0.1) is 0 Å². The minimum Gasteiger partial charge on any atom is -0.480 e. The minimum atomic E-state index is -1.08. The zero-order valence-electron chi connectivity index (χ0n) is 19.6. The van der Waals surface area contributed by atoms with Crippen LogP contribution in [0.4, 0.5) is 9.59 Å². The predicted octanol–water partition coefficient (Wildman–Crippen LogP) is 4.24. The van der Waals surface area contributed by atoms with Crippen molar-refractivity contribution in [2.75, 3.05) is 19.7 Å². The molecule has 2 N–H and O–H groups in total. The summed E-state index contributed by atoms with van der Waals surface area (Å²) in [5, 5.41) is 12.3. The number of ether oxygens (including phenoxy) is 2. The molecule has 0 radical (unpaired) electrons. The molecule has 2 atom stereocenters. The minimum absolute atomic E-state index is 0.0882. The molecule has 1 aliphatic carbocycles. The lowest BCUT2D eigenvalue weighted by Gasteiger charge is -2.44. The fourth-order valence-electron chi connectivity index (χ4n) is 4.71. The molecule has 34 heavy (non-hydrogen) atoms. The molecule has 0 aromatic heterocycles. The summed E-state index contributed by atoms with van der Waals surface area (Å²) in [6.45, 7) is 5.98. The van der Waals surface area contributed by atoms with Crippen molar-refractivity contribution in [1.82, 2.24) is 10.2 Å². The third kappa shape index (κ3) is 4.85. The van der Waals surface area contributed by atoms with Crippen LogP contribution in [0.1, 0.15) is 44.2 Å². The van der Waals surface area contributed by atoms with Gasteiger partial charge in [0.05, 0.1) is 0 Å². The maximum absolute atomic E-state index is 12.8. The van der Waals surface area contributed by atoms with Gasteiger partial charge in [-0.1, -0.05) is 48.5 Å². The number of carbonyl (C=O) groups excluding carboxylic acids is 2. The molecule has 0 bridgehead atoms. The molecule has 1 fully saturated rings. The van der Waals surface area contributed by atoms with Crippen LogP contribution in [0.3, 0.4) is 0 Å². The quantitative estimate of drug-likeness (QED) is 0.660. The number of carbonyl (C=O) groups is 3. The van der Waals surface area contributed by atoms with Crippen LogP contribution in [0, 0.1) is 5.92 Å². The summed E-state index contributed by atoms with van der Waals surface area (Å²) >= 11 is 0. The largest absolute Gasteiger partial charge is 0.480 e. The van der Waals surface area contributed by atoms with E-state index in [4.69, 9.17) is 9.47 Å². The van der Waals surface area contributed by atoms with Crippen LogP contribution >= 0.6 is 0 Å². The second-order valence-corrected chi connectivity index (χ2v) is 9.72. The number of amides is 2. The summed E-state index contributed by atoms with van der Waals surface area (Å²) in [4.78, 5) is 37.6. The van der Waals surface area contributed by atoms with Gasteiger partial charge in [0, 0.05) is 24.9 Å². The molecule has 1 heterocycles. The number of likely N-dealkylation sites (tertiary alicyclic amines) is 1. The summed E-state index contributed by atoms with van der Waals surface area (Å²) in [5.74, 6) is -1.44. The van der Waals surface area contributed by atoms with Crippen molar-refractivity contribution in [3.8, 4) is 11.1 Å². The first-order chi connectivity index (χ1) is 16.2. The molecule has 2 amide bonds. The number of fused-ring (bicyclic) bond motifs is 3. The Morgan fingerprint density at radius 3 is 2.18 bits per heavy atom. The van der Waals surface area contributed by atoms with Gasteiger partial charge in [-0.3, -0.25) is 4.90 Å². The van der Waals surface area contributed by atoms with Gasteiger partial charge in [0.1, 0.15) is 18.2 Å². The number of alkyl carbamates (subject to hydrolysis) is 1. The van der Waals surface area contributed by atoms with Gasteiger partial charge < -0.3 is 19.9 Å². The fraction of sp³-hybridized carbons (Fsp3) is 0.423. The number of aliphatic carboxylic acids is 1. The SMILES string of the molecule is CC(C)(C)OC(=O)NCC[C@@H]1CN(C(=O)OCC2c3ccccc3-c3ccccc32)[C@@H]1C(=O)O. The summed E-state index contributed by atoms with van der Waals surface area (Å²) in [5.41, 5.74) is 3.85. The van der Waals surface area contributed by atoms with Crippen molar-refractivity contribution in [1.29, 1.82) is 0 Å².